The lowest BCUT2D eigenvalue weighted by Crippen LogP contribution is -2.34. The summed E-state index contributed by atoms with van der Waals surface area (Å²) in [6.07, 6.45) is 2.73. The molecule has 0 aliphatic heterocycles. The van der Waals surface area contributed by atoms with Crippen molar-refractivity contribution in [1.29, 1.82) is 0 Å². The summed E-state index contributed by atoms with van der Waals surface area (Å²) < 4.78 is 4.86. The largest absolute Gasteiger partial charge is 0.464 e. The predicted molar refractivity (Wildman–Crippen MR) is 67.5 cm³/mol. The first-order valence-electron chi connectivity index (χ1n) is 6.23. The Bertz CT molecular complexity index is 326. The maximum atomic E-state index is 11.6. The van der Waals surface area contributed by atoms with Crippen LogP contribution in [0.4, 0.5) is 0 Å². The van der Waals surface area contributed by atoms with Crippen LogP contribution in [0.15, 0.2) is 11.6 Å². The zero-order chi connectivity index (χ0) is 13.3. The Hall–Kier alpha value is -0.830. The Morgan fingerprint density at radius 3 is 2.53 bits per heavy atom. The number of hydrogen-bond acceptors (Lipinski definition) is 3. The third-order valence-corrected chi connectivity index (χ3v) is 3.05. The van der Waals surface area contributed by atoms with E-state index in [-0.39, 0.29) is 10.8 Å². The standard InChI is InChI=1S/C14H24O3/c1-6-17-12(16)11(15)10-7-13(2,3)9-14(4,5)8-10/h7,11,15H,6,8-9H2,1-5H3. The lowest BCUT2D eigenvalue weighted by molar-refractivity contribution is -0.151. The highest BCUT2D eigenvalue weighted by Gasteiger charge is 2.37. The molecule has 0 bridgehead atoms. The number of esters is 1. The molecule has 1 aliphatic rings. The number of ether oxygens (including phenoxy) is 1. The number of allylic oxidation sites excluding steroid dienone is 1. The molecule has 1 unspecified atom stereocenters. The summed E-state index contributed by atoms with van der Waals surface area (Å²) >= 11 is 0. The number of rotatable bonds is 3. The van der Waals surface area contributed by atoms with Gasteiger partial charge in [0.1, 0.15) is 0 Å². The van der Waals surface area contributed by atoms with Gasteiger partial charge in [0, 0.05) is 0 Å². The van der Waals surface area contributed by atoms with Crippen LogP contribution in [0.1, 0.15) is 47.5 Å². The van der Waals surface area contributed by atoms with Gasteiger partial charge in [-0.3, -0.25) is 0 Å². The molecule has 0 saturated heterocycles. The van der Waals surface area contributed by atoms with Gasteiger partial charge < -0.3 is 9.84 Å². The zero-order valence-electron chi connectivity index (χ0n) is 11.5. The third-order valence-electron chi connectivity index (χ3n) is 3.05. The van der Waals surface area contributed by atoms with Gasteiger partial charge in [0.05, 0.1) is 6.61 Å². The normalized spacial score (nSPS) is 23.8. The minimum atomic E-state index is -1.10. The van der Waals surface area contributed by atoms with Crippen LogP contribution < -0.4 is 0 Å². The predicted octanol–water partition coefficient (Wildman–Crippen LogP) is 2.68. The average Bonchev–Trinajstić information content (AvgIpc) is 2.12. The van der Waals surface area contributed by atoms with Crippen LogP contribution in [-0.4, -0.2) is 23.8 Å². The fraction of sp³-hybridized carbons (Fsp3) is 0.786. The first-order valence-corrected chi connectivity index (χ1v) is 6.23. The van der Waals surface area contributed by atoms with E-state index in [1.165, 1.54) is 0 Å². The topological polar surface area (TPSA) is 46.5 Å². The molecule has 0 aromatic carbocycles. The third kappa shape index (κ3) is 3.84. The van der Waals surface area contributed by atoms with Gasteiger partial charge in [0.15, 0.2) is 6.10 Å². The second-order valence-electron chi connectivity index (χ2n) is 6.38. The number of carbonyl (C=O) groups is 1. The second-order valence-corrected chi connectivity index (χ2v) is 6.38. The molecule has 1 rings (SSSR count). The maximum Gasteiger partial charge on any atom is 0.339 e. The van der Waals surface area contributed by atoms with Crippen LogP contribution in [0.2, 0.25) is 0 Å². The van der Waals surface area contributed by atoms with Crippen molar-refractivity contribution in [2.24, 2.45) is 10.8 Å². The molecule has 98 valence electrons. The molecule has 1 aliphatic carbocycles. The fourth-order valence-corrected chi connectivity index (χ4v) is 3.00. The molecule has 0 fully saturated rings. The minimum absolute atomic E-state index is 0.0184. The Balaban J connectivity index is 2.89. The summed E-state index contributed by atoms with van der Waals surface area (Å²) in [7, 11) is 0. The molecule has 1 N–H and O–H groups in total. The second kappa shape index (κ2) is 4.81. The summed E-state index contributed by atoms with van der Waals surface area (Å²) in [4.78, 5) is 11.6. The van der Waals surface area contributed by atoms with Crippen molar-refractivity contribution in [3.63, 3.8) is 0 Å². The highest BCUT2D eigenvalue weighted by atomic mass is 16.5. The van der Waals surface area contributed by atoms with Crippen LogP contribution in [0.25, 0.3) is 0 Å². The molecule has 1 atom stereocenters. The van der Waals surface area contributed by atoms with Crippen LogP contribution in [0.5, 0.6) is 0 Å². The molecular formula is C14H24O3. The van der Waals surface area contributed by atoms with E-state index in [1.54, 1.807) is 6.92 Å². The molecule has 0 aromatic rings. The molecule has 0 aromatic heterocycles. The molecular weight excluding hydrogens is 216 g/mol. The SMILES string of the molecule is CCOC(=O)C(O)C1=CC(C)(C)CC(C)(C)C1. The van der Waals surface area contributed by atoms with Gasteiger partial charge in [-0.15, -0.1) is 0 Å². The molecule has 0 heterocycles. The fourth-order valence-electron chi connectivity index (χ4n) is 3.00. The first-order chi connectivity index (χ1) is 7.67. The average molecular weight is 240 g/mol. The molecule has 0 amide bonds. The van der Waals surface area contributed by atoms with Crippen molar-refractivity contribution in [2.45, 2.75) is 53.6 Å². The minimum Gasteiger partial charge on any atom is -0.464 e. The Morgan fingerprint density at radius 2 is 2.06 bits per heavy atom. The highest BCUT2D eigenvalue weighted by Crippen LogP contribution is 2.45. The van der Waals surface area contributed by atoms with E-state index in [4.69, 9.17) is 4.74 Å². The van der Waals surface area contributed by atoms with Crippen molar-refractivity contribution in [3.8, 4) is 0 Å². The summed E-state index contributed by atoms with van der Waals surface area (Å²) in [5, 5.41) is 10.00. The first kappa shape index (κ1) is 14.2. The lowest BCUT2D eigenvalue weighted by Gasteiger charge is -2.40. The van der Waals surface area contributed by atoms with Gasteiger partial charge in [-0.2, -0.15) is 0 Å². The van der Waals surface area contributed by atoms with Crippen molar-refractivity contribution in [1.82, 2.24) is 0 Å². The zero-order valence-corrected chi connectivity index (χ0v) is 11.5. The van der Waals surface area contributed by atoms with E-state index in [0.717, 1.165) is 18.4 Å². The summed E-state index contributed by atoms with van der Waals surface area (Å²) in [6, 6.07) is 0. The Labute approximate surface area is 104 Å². The van der Waals surface area contributed by atoms with Crippen LogP contribution in [0.3, 0.4) is 0 Å². The molecule has 0 spiro atoms. The number of aliphatic hydroxyl groups excluding tert-OH is 1. The van der Waals surface area contributed by atoms with Gasteiger partial charge in [-0.25, -0.2) is 4.79 Å². The Morgan fingerprint density at radius 1 is 1.47 bits per heavy atom. The van der Waals surface area contributed by atoms with E-state index >= 15 is 0 Å². The van der Waals surface area contributed by atoms with Crippen molar-refractivity contribution < 1.29 is 14.6 Å². The maximum absolute atomic E-state index is 11.6. The monoisotopic (exact) mass is 240 g/mol. The lowest BCUT2D eigenvalue weighted by atomic mass is 9.66. The van der Waals surface area contributed by atoms with E-state index in [1.807, 2.05) is 6.08 Å². The van der Waals surface area contributed by atoms with Gasteiger partial charge in [0.25, 0.3) is 0 Å². The Kier molecular flexibility index (Phi) is 4.03. The number of hydrogen-bond donors (Lipinski definition) is 1. The van der Waals surface area contributed by atoms with Crippen molar-refractivity contribution in [3.05, 3.63) is 11.6 Å². The van der Waals surface area contributed by atoms with Gasteiger partial charge in [0.2, 0.25) is 0 Å². The number of carbonyl (C=O) groups excluding carboxylic acids is 1. The van der Waals surface area contributed by atoms with Gasteiger partial charge >= 0.3 is 5.97 Å². The van der Waals surface area contributed by atoms with Crippen molar-refractivity contribution in [2.75, 3.05) is 6.61 Å². The highest BCUT2D eigenvalue weighted by molar-refractivity contribution is 5.78. The van der Waals surface area contributed by atoms with E-state index in [0.29, 0.717) is 6.61 Å². The van der Waals surface area contributed by atoms with E-state index in [2.05, 4.69) is 27.7 Å². The summed E-state index contributed by atoms with van der Waals surface area (Å²) in [5.41, 5.74) is 0.927. The van der Waals surface area contributed by atoms with Crippen LogP contribution >= 0.6 is 0 Å². The smallest absolute Gasteiger partial charge is 0.339 e. The molecule has 0 radical (unpaired) electrons. The quantitative estimate of drug-likeness (QED) is 0.609. The van der Waals surface area contributed by atoms with Crippen LogP contribution in [0, 0.1) is 10.8 Å². The van der Waals surface area contributed by atoms with Crippen LogP contribution in [-0.2, 0) is 9.53 Å². The summed E-state index contributed by atoms with van der Waals surface area (Å²) in [5.74, 6) is -0.535. The molecule has 0 saturated carbocycles. The molecule has 3 heteroatoms. The van der Waals surface area contributed by atoms with E-state index in [9.17, 15) is 9.90 Å². The van der Waals surface area contributed by atoms with Crippen molar-refractivity contribution >= 4 is 5.97 Å². The molecule has 17 heavy (non-hydrogen) atoms. The summed E-state index contributed by atoms with van der Waals surface area (Å²) in [6.45, 7) is 10.6. The van der Waals surface area contributed by atoms with E-state index < -0.39 is 12.1 Å². The van der Waals surface area contributed by atoms with Gasteiger partial charge in [-0.05, 0) is 36.2 Å². The number of aliphatic hydroxyl groups is 1. The van der Waals surface area contributed by atoms with Gasteiger partial charge in [-0.1, -0.05) is 33.8 Å². The molecule has 3 nitrogen and oxygen atoms in total.